The molecule has 114 valence electrons. The molecule has 0 saturated heterocycles. The molecule has 0 fully saturated rings. The molecule has 0 atom stereocenters. The van der Waals surface area contributed by atoms with E-state index in [9.17, 15) is 0 Å². The van der Waals surface area contributed by atoms with Crippen molar-refractivity contribution < 1.29 is 9.84 Å². The molecule has 0 radical (unpaired) electrons. The normalized spacial score (nSPS) is 11.1. The summed E-state index contributed by atoms with van der Waals surface area (Å²) in [5.74, 6) is 0.935. The van der Waals surface area contributed by atoms with Crippen molar-refractivity contribution in [2.45, 2.75) is 25.7 Å². The quantitative estimate of drug-likeness (QED) is 0.495. The van der Waals surface area contributed by atoms with Crippen molar-refractivity contribution in [1.29, 1.82) is 0 Å². The van der Waals surface area contributed by atoms with Gasteiger partial charge in [0.1, 0.15) is 5.75 Å². The van der Waals surface area contributed by atoms with Gasteiger partial charge in [0.2, 0.25) is 0 Å². The molecule has 2 nitrogen and oxygen atoms in total. The van der Waals surface area contributed by atoms with Crippen molar-refractivity contribution in [2.24, 2.45) is 0 Å². The van der Waals surface area contributed by atoms with Crippen molar-refractivity contribution >= 4 is 21.5 Å². The molecular weight excluding hydrogens is 272 g/mol. The summed E-state index contributed by atoms with van der Waals surface area (Å²) < 4.78 is 5.84. The van der Waals surface area contributed by atoms with Gasteiger partial charge in [-0.1, -0.05) is 36.8 Å². The molecule has 0 amide bonds. The lowest BCUT2D eigenvalue weighted by molar-refractivity contribution is 0.273. The topological polar surface area (TPSA) is 29.5 Å². The van der Waals surface area contributed by atoms with Crippen LogP contribution in [0, 0.1) is 0 Å². The molecule has 3 aromatic carbocycles. The van der Waals surface area contributed by atoms with Crippen molar-refractivity contribution in [2.75, 3.05) is 13.2 Å². The second-order valence-corrected chi connectivity index (χ2v) is 5.69. The van der Waals surface area contributed by atoms with Gasteiger partial charge in [0.25, 0.3) is 0 Å². The lowest BCUT2D eigenvalue weighted by Crippen LogP contribution is -1.97. The van der Waals surface area contributed by atoms with Crippen LogP contribution < -0.4 is 4.74 Å². The van der Waals surface area contributed by atoms with E-state index in [4.69, 9.17) is 9.84 Å². The molecule has 0 aromatic heterocycles. The highest BCUT2D eigenvalue weighted by atomic mass is 16.5. The number of ether oxygens (including phenoxy) is 1. The standard InChI is InChI=1S/C20H22O2/c21-11-5-1-2-6-12-22-20-10-9-18-13-16-7-3-4-8-17(16)14-19(18)15-20/h3-4,7-10,13-15,21H,1-2,5-6,11-12H2. The molecule has 1 N–H and O–H groups in total. The lowest BCUT2D eigenvalue weighted by Gasteiger charge is -2.08. The number of hydrogen-bond donors (Lipinski definition) is 1. The second-order valence-electron chi connectivity index (χ2n) is 5.69. The Balaban J connectivity index is 1.68. The van der Waals surface area contributed by atoms with Crippen LogP contribution in [0.25, 0.3) is 21.5 Å². The van der Waals surface area contributed by atoms with Gasteiger partial charge in [-0.25, -0.2) is 0 Å². The van der Waals surface area contributed by atoms with Crippen LogP contribution >= 0.6 is 0 Å². The Morgan fingerprint density at radius 3 is 2.14 bits per heavy atom. The van der Waals surface area contributed by atoms with Gasteiger partial charge in [0.15, 0.2) is 0 Å². The maximum Gasteiger partial charge on any atom is 0.119 e. The molecule has 0 bridgehead atoms. The van der Waals surface area contributed by atoms with Crippen LogP contribution in [0.15, 0.2) is 54.6 Å². The Labute approximate surface area is 131 Å². The number of unbranched alkanes of at least 4 members (excludes halogenated alkanes) is 3. The van der Waals surface area contributed by atoms with Crippen LogP contribution in [0.3, 0.4) is 0 Å². The minimum absolute atomic E-state index is 0.291. The van der Waals surface area contributed by atoms with Gasteiger partial charge in [-0.3, -0.25) is 0 Å². The van der Waals surface area contributed by atoms with Gasteiger partial charge < -0.3 is 9.84 Å². The number of fused-ring (bicyclic) bond motifs is 2. The van der Waals surface area contributed by atoms with E-state index in [1.54, 1.807) is 0 Å². The Morgan fingerprint density at radius 2 is 1.36 bits per heavy atom. The fraction of sp³-hybridized carbons (Fsp3) is 0.300. The minimum Gasteiger partial charge on any atom is -0.494 e. The summed E-state index contributed by atoms with van der Waals surface area (Å²) in [5, 5.41) is 13.7. The molecule has 0 aliphatic heterocycles. The second kappa shape index (κ2) is 7.28. The molecule has 0 aliphatic rings. The van der Waals surface area contributed by atoms with Crippen molar-refractivity contribution in [3.63, 3.8) is 0 Å². The van der Waals surface area contributed by atoms with Crippen molar-refractivity contribution in [3.05, 3.63) is 54.6 Å². The Bertz CT molecular complexity index is 749. The van der Waals surface area contributed by atoms with Gasteiger partial charge in [-0.2, -0.15) is 0 Å². The molecule has 2 heteroatoms. The predicted octanol–water partition coefficient (Wildman–Crippen LogP) is 4.92. The third-order valence-corrected chi connectivity index (χ3v) is 4.00. The summed E-state index contributed by atoms with van der Waals surface area (Å²) >= 11 is 0. The molecule has 0 heterocycles. The van der Waals surface area contributed by atoms with E-state index >= 15 is 0 Å². The zero-order valence-electron chi connectivity index (χ0n) is 12.8. The highest BCUT2D eigenvalue weighted by Crippen LogP contribution is 2.26. The third kappa shape index (κ3) is 3.58. The molecule has 0 unspecified atom stereocenters. The van der Waals surface area contributed by atoms with E-state index in [0.717, 1.165) is 38.0 Å². The van der Waals surface area contributed by atoms with E-state index in [0.29, 0.717) is 6.61 Å². The van der Waals surface area contributed by atoms with E-state index < -0.39 is 0 Å². The zero-order valence-corrected chi connectivity index (χ0v) is 12.8. The predicted molar refractivity (Wildman–Crippen MR) is 92.5 cm³/mol. The van der Waals surface area contributed by atoms with Crippen LogP contribution in [0.1, 0.15) is 25.7 Å². The Morgan fingerprint density at radius 1 is 0.682 bits per heavy atom. The van der Waals surface area contributed by atoms with Gasteiger partial charge in [-0.05, 0) is 65.1 Å². The highest BCUT2D eigenvalue weighted by Gasteiger charge is 2.00. The summed E-state index contributed by atoms with van der Waals surface area (Å²) in [6.07, 6.45) is 4.11. The number of hydrogen-bond acceptors (Lipinski definition) is 2. The average molecular weight is 294 g/mol. The number of aliphatic hydroxyl groups excluding tert-OH is 1. The first-order valence-electron chi connectivity index (χ1n) is 8.03. The minimum atomic E-state index is 0.291. The molecule has 0 saturated carbocycles. The molecule has 0 aliphatic carbocycles. The largest absolute Gasteiger partial charge is 0.494 e. The van der Waals surface area contributed by atoms with Crippen LogP contribution in [0.4, 0.5) is 0 Å². The molecular formula is C20H22O2. The van der Waals surface area contributed by atoms with E-state index in [2.05, 4.69) is 48.5 Å². The molecule has 3 aromatic rings. The Hall–Kier alpha value is -2.06. The summed E-state index contributed by atoms with van der Waals surface area (Å²) in [6, 6.07) is 19.2. The SMILES string of the molecule is OCCCCCCOc1ccc2cc3ccccc3cc2c1. The number of benzene rings is 3. The summed E-state index contributed by atoms with van der Waals surface area (Å²) in [4.78, 5) is 0. The summed E-state index contributed by atoms with van der Waals surface area (Å²) in [7, 11) is 0. The van der Waals surface area contributed by atoms with Crippen LogP contribution in [-0.4, -0.2) is 18.3 Å². The lowest BCUT2D eigenvalue weighted by atomic mass is 10.0. The van der Waals surface area contributed by atoms with Crippen molar-refractivity contribution in [3.8, 4) is 5.75 Å². The van der Waals surface area contributed by atoms with Crippen LogP contribution in [-0.2, 0) is 0 Å². The van der Waals surface area contributed by atoms with E-state index in [-0.39, 0.29) is 0 Å². The molecule has 0 spiro atoms. The summed E-state index contributed by atoms with van der Waals surface area (Å²) in [5.41, 5.74) is 0. The van der Waals surface area contributed by atoms with Crippen molar-refractivity contribution in [1.82, 2.24) is 0 Å². The highest BCUT2D eigenvalue weighted by molar-refractivity contribution is 5.98. The first kappa shape index (κ1) is 14.9. The first-order valence-corrected chi connectivity index (χ1v) is 8.03. The fourth-order valence-corrected chi connectivity index (χ4v) is 2.77. The van der Waals surface area contributed by atoms with Gasteiger partial charge in [0, 0.05) is 6.61 Å². The average Bonchev–Trinajstić information content (AvgIpc) is 2.56. The third-order valence-electron chi connectivity index (χ3n) is 4.00. The maximum atomic E-state index is 8.75. The monoisotopic (exact) mass is 294 g/mol. The fourth-order valence-electron chi connectivity index (χ4n) is 2.77. The van der Waals surface area contributed by atoms with Gasteiger partial charge in [0.05, 0.1) is 6.61 Å². The van der Waals surface area contributed by atoms with Gasteiger partial charge in [-0.15, -0.1) is 0 Å². The summed E-state index contributed by atoms with van der Waals surface area (Å²) in [6.45, 7) is 1.03. The van der Waals surface area contributed by atoms with Crippen LogP contribution in [0.2, 0.25) is 0 Å². The van der Waals surface area contributed by atoms with Gasteiger partial charge >= 0.3 is 0 Å². The maximum absolute atomic E-state index is 8.75. The molecule has 22 heavy (non-hydrogen) atoms. The number of rotatable bonds is 7. The molecule has 3 rings (SSSR count). The van der Waals surface area contributed by atoms with E-state index in [1.807, 2.05) is 6.07 Å². The zero-order chi connectivity index (χ0) is 15.2. The number of aliphatic hydroxyl groups is 1. The van der Waals surface area contributed by atoms with Crippen LogP contribution in [0.5, 0.6) is 5.75 Å². The first-order chi connectivity index (χ1) is 10.9. The smallest absolute Gasteiger partial charge is 0.119 e. The Kier molecular flexibility index (Phi) is 4.92. The van der Waals surface area contributed by atoms with E-state index in [1.165, 1.54) is 21.5 Å².